The van der Waals surface area contributed by atoms with Crippen LogP contribution in [0.15, 0.2) is 10.7 Å². The lowest BCUT2D eigenvalue weighted by Crippen LogP contribution is -2.37. The monoisotopic (exact) mass is 225 g/mol. The molecular weight excluding hydrogens is 202 g/mol. The third kappa shape index (κ3) is 5.73. The van der Waals surface area contributed by atoms with Gasteiger partial charge in [-0.05, 0) is 6.42 Å². The van der Waals surface area contributed by atoms with Crippen LogP contribution >= 0.6 is 0 Å². The Morgan fingerprint density at radius 1 is 1.12 bits per heavy atom. The molecule has 1 aromatic rings. The van der Waals surface area contributed by atoms with Crippen molar-refractivity contribution in [3.8, 4) is 0 Å². The van der Waals surface area contributed by atoms with Gasteiger partial charge in [-0.3, -0.25) is 10.7 Å². The fourth-order valence-corrected chi connectivity index (χ4v) is 1.79. The van der Waals surface area contributed by atoms with Crippen molar-refractivity contribution >= 4 is 0 Å². The Labute approximate surface area is 97.1 Å². The summed E-state index contributed by atoms with van der Waals surface area (Å²) in [4.78, 5) is 0. The predicted molar refractivity (Wildman–Crippen MR) is 60.7 cm³/mol. The number of aromatic nitrogens is 2. The number of rotatable bonds is 9. The van der Waals surface area contributed by atoms with Crippen molar-refractivity contribution in [2.24, 2.45) is 0 Å². The summed E-state index contributed by atoms with van der Waals surface area (Å²) >= 11 is 0. The Kier molecular flexibility index (Phi) is 6.61. The number of aryl methyl sites for hydroxylation is 1. The zero-order chi connectivity index (χ0) is 11.6. The molecule has 0 fully saturated rings. The molecule has 0 amide bonds. The molecule has 0 spiro atoms. The largest absolute Gasteiger partial charge is 0.487 e. The zero-order valence-corrected chi connectivity index (χ0v) is 10.2. The van der Waals surface area contributed by atoms with Crippen molar-refractivity contribution < 1.29 is 9.20 Å². The fraction of sp³-hybridized carbons (Fsp3) is 0.833. The van der Waals surface area contributed by atoms with Crippen molar-refractivity contribution in [1.82, 2.24) is 5.27 Å². The smallest absolute Gasteiger partial charge is 0.264 e. The van der Waals surface area contributed by atoms with E-state index in [1.54, 1.807) is 10.9 Å². The number of nitrogens with zero attached hydrogens (tertiary/aromatic N) is 2. The molecule has 4 heteroatoms. The van der Waals surface area contributed by atoms with Crippen molar-refractivity contribution in [1.29, 1.82) is 5.41 Å². The lowest BCUT2D eigenvalue weighted by atomic mass is 10.1. The highest BCUT2D eigenvalue weighted by atomic mass is 16.5. The molecule has 1 aromatic heterocycles. The predicted octanol–water partition coefficient (Wildman–Crippen LogP) is 2.14. The van der Waals surface area contributed by atoms with Gasteiger partial charge in [-0.15, -0.1) is 0 Å². The Balaban J connectivity index is 1.90. The second-order valence-corrected chi connectivity index (χ2v) is 4.30. The van der Waals surface area contributed by atoms with Gasteiger partial charge in [0.25, 0.3) is 5.55 Å². The standard InChI is InChI=1S/C12H23N3O/c1-2-3-4-5-6-7-8-9-10-15-11-12(13)16-14-15/h11,13H,2-10H2,1H3. The van der Waals surface area contributed by atoms with E-state index in [-0.39, 0.29) is 5.55 Å². The molecule has 0 aliphatic rings. The molecule has 1 heterocycles. The molecule has 0 atom stereocenters. The van der Waals surface area contributed by atoms with E-state index in [1.807, 2.05) is 0 Å². The Morgan fingerprint density at radius 2 is 1.75 bits per heavy atom. The van der Waals surface area contributed by atoms with E-state index in [0.717, 1.165) is 13.0 Å². The summed E-state index contributed by atoms with van der Waals surface area (Å²) in [5.74, 6) is 0. The van der Waals surface area contributed by atoms with Gasteiger partial charge in [0.2, 0.25) is 6.20 Å². The Morgan fingerprint density at radius 3 is 2.31 bits per heavy atom. The van der Waals surface area contributed by atoms with Gasteiger partial charge >= 0.3 is 0 Å². The highest BCUT2D eigenvalue weighted by molar-refractivity contribution is 4.45. The second-order valence-electron chi connectivity index (χ2n) is 4.30. The van der Waals surface area contributed by atoms with Gasteiger partial charge in [-0.2, -0.15) is 0 Å². The number of hydrogen-bond donors (Lipinski definition) is 1. The molecule has 0 aliphatic heterocycles. The van der Waals surface area contributed by atoms with E-state index in [4.69, 9.17) is 5.41 Å². The van der Waals surface area contributed by atoms with Crippen LogP contribution in [0.2, 0.25) is 0 Å². The van der Waals surface area contributed by atoms with Gasteiger partial charge in [-0.1, -0.05) is 45.4 Å². The van der Waals surface area contributed by atoms with Crippen LogP contribution in [-0.4, -0.2) is 0 Å². The van der Waals surface area contributed by atoms with E-state index in [1.165, 1.54) is 44.9 Å². The molecule has 0 aromatic carbocycles. The van der Waals surface area contributed by atoms with E-state index in [9.17, 15) is 0 Å². The van der Waals surface area contributed by atoms with Crippen LogP contribution in [0.5, 0.6) is 0 Å². The van der Waals surface area contributed by atoms with Crippen LogP contribution in [0.4, 0.5) is 0 Å². The lowest BCUT2D eigenvalue weighted by Gasteiger charge is -2.00. The topological polar surface area (TPSA) is 55.0 Å². The van der Waals surface area contributed by atoms with Crippen molar-refractivity contribution in [3.63, 3.8) is 0 Å². The molecule has 92 valence electrons. The highest BCUT2D eigenvalue weighted by Gasteiger charge is 1.96. The molecule has 0 saturated heterocycles. The van der Waals surface area contributed by atoms with Crippen LogP contribution in [0.3, 0.4) is 0 Å². The van der Waals surface area contributed by atoms with Crippen LogP contribution in [0.25, 0.3) is 0 Å². The molecular formula is C12H23N3O. The summed E-state index contributed by atoms with van der Waals surface area (Å²) in [7, 11) is 0. The Bertz CT molecular complexity index is 316. The minimum atomic E-state index is 0.138. The summed E-state index contributed by atoms with van der Waals surface area (Å²) in [6, 6.07) is 0. The third-order valence-electron chi connectivity index (χ3n) is 2.75. The molecule has 1 rings (SSSR count). The zero-order valence-electron chi connectivity index (χ0n) is 10.2. The summed E-state index contributed by atoms with van der Waals surface area (Å²) in [5.41, 5.74) is 0.138. The minimum Gasteiger partial charge on any atom is -0.487 e. The number of nitrogens with one attached hydrogen (secondary N) is 1. The molecule has 16 heavy (non-hydrogen) atoms. The van der Waals surface area contributed by atoms with Gasteiger partial charge in [0, 0.05) is 6.42 Å². The molecule has 0 unspecified atom stereocenters. The van der Waals surface area contributed by atoms with Crippen molar-refractivity contribution in [3.05, 3.63) is 11.8 Å². The Hall–Kier alpha value is -1.06. The molecule has 0 bridgehead atoms. The van der Waals surface area contributed by atoms with E-state index >= 15 is 0 Å². The second kappa shape index (κ2) is 8.13. The fourth-order valence-electron chi connectivity index (χ4n) is 1.79. The summed E-state index contributed by atoms with van der Waals surface area (Å²) in [5, 5.41) is 10.9. The lowest BCUT2D eigenvalue weighted by molar-refractivity contribution is -0.767. The van der Waals surface area contributed by atoms with Gasteiger partial charge < -0.3 is 4.52 Å². The SMILES string of the molecule is CCCCCCCCCC[n+]1cc(=N)o[n-]1. The number of unbranched alkanes of at least 4 members (excludes halogenated alkanes) is 7. The van der Waals surface area contributed by atoms with Gasteiger partial charge in [0.15, 0.2) is 0 Å². The maximum atomic E-state index is 7.18. The normalized spacial score (nSPS) is 10.8. The first-order valence-electron chi connectivity index (χ1n) is 6.41. The average Bonchev–Trinajstić information content (AvgIpc) is 2.68. The maximum Gasteiger partial charge on any atom is 0.264 e. The van der Waals surface area contributed by atoms with Gasteiger partial charge in [0.1, 0.15) is 6.54 Å². The summed E-state index contributed by atoms with van der Waals surface area (Å²) in [6.45, 7) is 3.12. The van der Waals surface area contributed by atoms with Crippen LogP contribution in [-0.2, 0) is 6.54 Å². The number of hydrogen-bond acceptors (Lipinski definition) is 2. The van der Waals surface area contributed by atoms with Crippen LogP contribution in [0, 0.1) is 5.41 Å². The van der Waals surface area contributed by atoms with Crippen molar-refractivity contribution in [2.45, 2.75) is 64.8 Å². The van der Waals surface area contributed by atoms with Crippen LogP contribution < -0.4 is 15.5 Å². The maximum absolute atomic E-state index is 7.18. The first-order valence-corrected chi connectivity index (χ1v) is 6.41. The average molecular weight is 225 g/mol. The molecule has 1 N–H and O–H groups in total. The van der Waals surface area contributed by atoms with Crippen LogP contribution in [0.1, 0.15) is 58.3 Å². The van der Waals surface area contributed by atoms with E-state index in [0.29, 0.717) is 0 Å². The first kappa shape index (κ1) is 13.0. The van der Waals surface area contributed by atoms with Gasteiger partial charge in [0.05, 0.1) is 0 Å². The van der Waals surface area contributed by atoms with Gasteiger partial charge in [-0.25, -0.2) is 4.68 Å². The van der Waals surface area contributed by atoms with E-state index in [2.05, 4.69) is 16.7 Å². The highest BCUT2D eigenvalue weighted by Crippen LogP contribution is 2.07. The summed E-state index contributed by atoms with van der Waals surface area (Å²) < 4.78 is 6.37. The molecule has 0 radical (unpaired) electrons. The van der Waals surface area contributed by atoms with E-state index < -0.39 is 0 Å². The first-order chi connectivity index (χ1) is 7.83. The quantitative estimate of drug-likeness (QED) is 0.517. The minimum absolute atomic E-state index is 0.138. The third-order valence-corrected chi connectivity index (χ3v) is 2.75. The molecule has 0 saturated carbocycles. The van der Waals surface area contributed by atoms with Crippen molar-refractivity contribution in [2.75, 3.05) is 0 Å². The summed E-state index contributed by atoms with van der Waals surface area (Å²) in [6.07, 6.45) is 12.1. The molecule has 4 nitrogen and oxygen atoms in total. The molecule has 0 aliphatic carbocycles.